The monoisotopic (exact) mass is 354 g/mol. The topological polar surface area (TPSA) is 0 Å². The predicted molar refractivity (Wildman–Crippen MR) is 84.9 cm³/mol. The molecule has 0 saturated carbocycles. The van der Waals surface area contributed by atoms with Crippen molar-refractivity contribution < 1.29 is 0 Å². The molecular formula is C13H17BrCl2S. The molecule has 1 aromatic rings. The van der Waals surface area contributed by atoms with Gasteiger partial charge in [0.2, 0.25) is 0 Å². The van der Waals surface area contributed by atoms with Crippen LogP contribution < -0.4 is 0 Å². The fourth-order valence-electron chi connectivity index (χ4n) is 1.75. The Morgan fingerprint density at radius 2 is 1.88 bits per heavy atom. The summed E-state index contributed by atoms with van der Waals surface area (Å²) in [4.78, 5) is 0. The Bertz CT molecular complexity index is 340. The zero-order valence-corrected chi connectivity index (χ0v) is 13.8. The van der Waals surface area contributed by atoms with Gasteiger partial charge in [0.15, 0.2) is 0 Å². The van der Waals surface area contributed by atoms with Crippen LogP contribution in [0.2, 0.25) is 0 Å². The summed E-state index contributed by atoms with van der Waals surface area (Å²) in [6.07, 6.45) is 1.02. The van der Waals surface area contributed by atoms with E-state index in [9.17, 15) is 0 Å². The van der Waals surface area contributed by atoms with Crippen molar-refractivity contribution >= 4 is 50.9 Å². The van der Waals surface area contributed by atoms with Crippen LogP contribution in [0.15, 0.2) is 28.7 Å². The molecular weight excluding hydrogens is 339 g/mol. The number of alkyl halides is 2. The van der Waals surface area contributed by atoms with E-state index in [2.05, 4.69) is 35.0 Å². The summed E-state index contributed by atoms with van der Waals surface area (Å²) in [6.45, 7) is 2.17. The third-order valence-corrected chi connectivity index (χ3v) is 5.50. The van der Waals surface area contributed by atoms with Gasteiger partial charge in [-0.3, -0.25) is 0 Å². The fourth-order valence-corrected chi connectivity index (χ4v) is 4.12. The number of thioether (sulfide) groups is 1. The van der Waals surface area contributed by atoms with E-state index in [4.69, 9.17) is 23.2 Å². The highest BCUT2D eigenvalue weighted by atomic mass is 79.9. The normalized spacial score (nSPS) is 11.8. The number of hydrogen-bond acceptors (Lipinski definition) is 1. The zero-order chi connectivity index (χ0) is 12.7. The summed E-state index contributed by atoms with van der Waals surface area (Å²) in [5.41, 5.74) is 1.10. The van der Waals surface area contributed by atoms with Gasteiger partial charge in [-0.25, -0.2) is 0 Å². The first-order valence-corrected chi connectivity index (χ1v) is 8.66. The van der Waals surface area contributed by atoms with Crippen molar-refractivity contribution in [2.24, 2.45) is 0 Å². The van der Waals surface area contributed by atoms with Crippen LogP contribution in [0, 0.1) is 0 Å². The molecule has 0 unspecified atom stereocenters. The Kier molecular flexibility index (Phi) is 7.32. The average molecular weight is 356 g/mol. The lowest BCUT2D eigenvalue weighted by atomic mass is 9.82. The summed E-state index contributed by atoms with van der Waals surface area (Å²) in [5, 5.41) is 0. The van der Waals surface area contributed by atoms with Crippen LogP contribution in [0.4, 0.5) is 0 Å². The second kappa shape index (κ2) is 7.93. The van der Waals surface area contributed by atoms with Gasteiger partial charge in [0, 0.05) is 21.6 Å². The molecule has 0 bridgehead atoms. The molecule has 96 valence electrons. The van der Waals surface area contributed by atoms with Crippen LogP contribution in [-0.4, -0.2) is 23.3 Å². The lowest BCUT2D eigenvalue weighted by Crippen LogP contribution is -2.32. The maximum atomic E-state index is 6.20. The Hall–Kier alpha value is 0.630. The van der Waals surface area contributed by atoms with Crippen molar-refractivity contribution in [3.63, 3.8) is 0 Å². The third-order valence-electron chi connectivity index (χ3n) is 2.89. The molecule has 0 nitrogen and oxygen atoms in total. The molecule has 1 rings (SSSR count). The third kappa shape index (κ3) is 4.05. The first-order valence-electron chi connectivity index (χ1n) is 5.65. The van der Waals surface area contributed by atoms with Gasteiger partial charge < -0.3 is 0 Å². The molecule has 4 heteroatoms. The van der Waals surface area contributed by atoms with Gasteiger partial charge in [-0.2, -0.15) is 11.8 Å². The van der Waals surface area contributed by atoms with Gasteiger partial charge in [-0.15, -0.1) is 23.2 Å². The van der Waals surface area contributed by atoms with Gasteiger partial charge in [-0.1, -0.05) is 41.1 Å². The summed E-state index contributed by atoms with van der Waals surface area (Å²) in [7, 11) is 0. The predicted octanol–water partition coefficient (Wildman–Crippen LogP) is 5.31. The van der Waals surface area contributed by atoms with Crippen molar-refractivity contribution in [1.82, 2.24) is 0 Å². The molecule has 0 saturated heterocycles. The minimum atomic E-state index is -0.120. The second-order valence-corrected chi connectivity index (χ2v) is 6.76. The summed E-state index contributed by atoms with van der Waals surface area (Å²) >= 11 is 17.9. The van der Waals surface area contributed by atoms with Crippen LogP contribution >= 0.6 is 50.9 Å². The van der Waals surface area contributed by atoms with Gasteiger partial charge >= 0.3 is 0 Å². The maximum absolute atomic E-state index is 6.20. The van der Waals surface area contributed by atoms with Crippen LogP contribution in [0.1, 0.15) is 18.9 Å². The largest absolute Gasteiger partial charge is 0.162 e. The standard InChI is InChI=1S/C13H17BrCl2S/c1-2-17-8-7-13(9-15,10-16)11-5-3-4-6-12(11)14/h3-6H,2,7-10H2,1H3. The average Bonchev–Trinajstić information content (AvgIpc) is 2.36. The van der Waals surface area contributed by atoms with Crippen LogP contribution in [0.25, 0.3) is 0 Å². The van der Waals surface area contributed by atoms with Crippen molar-refractivity contribution in [3.8, 4) is 0 Å². The Labute approximate surface area is 127 Å². The molecule has 0 N–H and O–H groups in total. The Morgan fingerprint density at radius 1 is 1.24 bits per heavy atom. The Balaban J connectivity index is 2.94. The lowest BCUT2D eigenvalue weighted by molar-refractivity contribution is 0.522. The van der Waals surface area contributed by atoms with E-state index in [0.717, 1.165) is 22.4 Å². The fraction of sp³-hybridized carbons (Fsp3) is 0.538. The number of halogens is 3. The number of rotatable bonds is 7. The molecule has 0 heterocycles. The van der Waals surface area contributed by atoms with Crippen LogP contribution in [0.5, 0.6) is 0 Å². The zero-order valence-electron chi connectivity index (χ0n) is 9.89. The molecule has 0 aliphatic heterocycles. The van der Waals surface area contributed by atoms with Gasteiger partial charge in [-0.05, 0) is 29.6 Å². The summed E-state index contributed by atoms with van der Waals surface area (Å²) in [6, 6.07) is 8.23. The SMILES string of the molecule is CCSCCC(CCl)(CCl)c1ccccc1Br. The highest BCUT2D eigenvalue weighted by Crippen LogP contribution is 2.36. The van der Waals surface area contributed by atoms with E-state index in [1.54, 1.807) is 0 Å². The van der Waals surface area contributed by atoms with Crippen molar-refractivity contribution in [2.45, 2.75) is 18.8 Å². The summed E-state index contributed by atoms with van der Waals surface area (Å²) in [5.74, 6) is 3.35. The molecule has 0 aliphatic carbocycles. The van der Waals surface area contributed by atoms with Crippen molar-refractivity contribution in [1.29, 1.82) is 0 Å². The summed E-state index contributed by atoms with van der Waals surface area (Å²) < 4.78 is 1.10. The van der Waals surface area contributed by atoms with E-state index in [-0.39, 0.29) is 5.41 Å². The molecule has 0 fully saturated rings. The molecule has 0 aliphatic rings. The smallest absolute Gasteiger partial charge is 0.0332 e. The quantitative estimate of drug-likeness (QED) is 0.472. The minimum Gasteiger partial charge on any atom is -0.162 e. The van der Waals surface area contributed by atoms with Gasteiger partial charge in [0.25, 0.3) is 0 Å². The minimum absolute atomic E-state index is 0.120. The van der Waals surface area contributed by atoms with Crippen molar-refractivity contribution in [3.05, 3.63) is 34.3 Å². The number of benzene rings is 1. The van der Waals surface area contributed by atoms with Crippen molar-refractivity contribution in [2.75, 3.05) is 23.3 Å². The first kappa shape index (κ1) is 15.7. The molecule has 0 radical (unpaired) electrons. The molecule has 0 amide bonds. The molecule has 0 aromatic heterocycles. The number of hydrogen-bond donors (Lipinski definition) is 0. The first-order chi connectivity index (χ1) is 8.20. The maximum Gasteiger partial charge on any atom is 0.0332 e. The van der Waals surface area contributed by atoms with Gasteiger partial charge in [0.1, 0.15) is 0 Å². The molecule has 0 atom stereocenters. The second-order valence-electron chi connectivity index (χ2n) is 3.97. The molecule has 17 heavy (non-hydrogen) atoms. The lowest BCUT2D eigenvalue weighted by Gasteiger charge is -2.31. The molecule has 0 spiro atoms. The highest BCUT2D eigenvalue weighted by molar-refractivity contribution is 9.10. The van der Waals surface area contributed by atoms with Crippen LogP contribution in [0.3, 0.4) is 0 Å². The van der Waals surface area contributed by atoms with E-state index in [1.165, 1.54) is 5.56 Å². The van der Waals surface area contributed by atoms with Crippen LogP contribution in [-0.2, 0) is 5.41 Å². The van der Waals surface area contributed by atoms with Gasteiger partial charge in [0.05, 0.1) is 0 Å². The highest BCUT2D eigenvalue weighted by Gasteiger charge is 2.31. The van der Waals surface area contributed by atoms with E-state index >= 15 is 0 Å². The van der Waals surface area contributed by atoms with E-state index in [1.807, 2.05) is 23.9 Å². The Morgan fingerprint density at radius 3 is 2.41 bits per heavy atom. The molecule has 1 aromatic carbocycles. The van der Waals surface area contributed by atoms with E-state index < -0.39 is 0 Å². The van der Waals surface area contributed by atoms with E-state index in [0.29, 0.717) is 11.8 Å².